The Bertz CT molecular complexity index is 783. The molecule has 2 N–H and O–H groups in total. The zero-order valence-corrected chi connectivity index (χ0v) is 14.1. The molecule has 2 aliphatic rings. The second-order valence-corrected chi connectivity index (χ2v) is 6.26. The third-order valence-electron chi connectivity index (χ3n) is 4.60. The Balaban J connectivity index is 1.50. The largest absolute Gasteiger partial charge is 0.486 e. The lowest BCUT2D eigenvalue weighted by Gasteiger charge is -2.23. The molecule has 2 aromatic rings. The van der Waals surface area contributed by atoms with E-state index in [0.717, 1.165) is 31.6 Å². The lowest BCUT2D eigenvalue weighted by atomic mass is 10.1. The zero-order valence-electron chi connectivity index (χ0n) is 14.1. The van der Waals surface area contributed by atoms with Crippen molar-refractivity contribution in [3.8, 4) is 11.5 Å². The van der Waals surface area contributed by atoms with Crippen LogP contribution in [0.15, 0.2) is 18.2 Å². The molecule has 1 aromatic carbocycles. The summed E-state index contributed by atoms with van der Waals surface area (Å²) < 4.78 is 12.9. The first kappa shape index (κ1) is 15.9. The highest BCUT2D eigenvalue weighted by atomic mass is 16.6. The maximum atomic E-state index is 12.6. The minimum absolute atomic E-state index is 0.269. The van der Waals surface area contributed by atoms with E-state index >= 15 is 0 Å². The van der Waals surface area contributed by atoms with Crippen LogP contribution in [0.1, 0.15) is 35.1 Å². The van der Waals surface area contributed by atoms with Crippen LogP contribution in [0.3, 0.4) is 0 Å². The van der Waals surface area contributed by atoms with E-state index in [4.69, 9.17) is 9.47 Å². The fraction of sp³-hybridized carbons (Fsp3) is 0.471. The molecule has 8 heteroatoms. The van der Waals surface area contributed by atoms with Gasteiger partial charge in [0.25, 0.3) is 5.91 Å². The molecule has 1 saturated heterocycles. The average molecular weight is 343 g/mol. The normalized spacial score (nSPS) is 17.3. The minimum Gasteiger partial charge on any atom is -0.486 e. The van der Waals surface area contributed by atoms with Crippen molar-refractivity contribution >= 4 is 11.6 Å². The summed E-state index contributed by atoms with van der Waals surface area (Å²) in [6.07, 6.45) is 1.99. The summed E-state index contributed by atoms with van der Waals surface area (Å²) in [6.45, 7) is 4.86. The van der Waals surface area contributed by atoms with Crippen molar-refractivity contribution in [2.45, 2.75) is 25.8 Å². The SMILES string of the molecule is Cc1c(C(=O)Nc2ccc3c(c2)OCCO3)nnn1C1CCNCC1. The number of anilines is 1. The van der Waals surface area contributed by atoms with E-state index < -0.39 is 0 Å². The summed E-state index contributed by atoms with van der Waals surface area (Å²) in [4.78, 5) is 12.6. The Morgan fingerprint density at radius 1 is 1.24 bits per heavy atom. The molecule has 0 spiro atoms. The van der Waals surface area contributed by atoms with Gasteiger partial charge in [0.05, 0.1) is 11.7 Å². The summed E-state index contributed by atoms with van der Waals surface area (Å²) in [7, 11) is 0. The first-order chi connectivity index (χ1) is 12.2. The number of hydrogen-bond donors (Lipinski definition) is 2. The van der Waals surface area contributed by atoms with Crippen LogP contribution < -0.4 is 20.1 Å². The van der Waals surface area contributed by atoms with Crippen LogP contribution in [0.25, 0.3) is 0 Å². The second-order valence-electron chi connectivity index (χ2n) is 6.26. The molecule has 2 aliphatic heterocycles. The van der Waals surface area contributed by atoms with Crippen molar-refractivity contribution in [3.05, 3.63) is 29.6 Å². The van der Waals surface area contributed by atoms with E-state index in [-0.39, 0.29) is 5.91 Å². The number of piperidine rings is 1. The highest BCUT2D eigenvalue weighted by Gasteiger charge is 2.23. The van der Waals surface area contributed by atoms with Crippen LogP contribution >= 0.6 is 0 Å². The quantitative estimate of drug-likeness (QED) is 0.878. The van der Waals surface area contributed by atoms with Gasteiger partial charge in [-0.3, -0.25) is 4.79 Å². The van der Waals surface area contributed by atoms with Gasteiger partial charge in [0.15, 0.2) is 17.2 Å². The lowest BCUT2D eigenvalue weighted by molar-refractivity contribution is 0.102. The number of rotatable bonds is 3. The number of nitrogens with one attached hydrogen (secondary N) is 2. The first-order valence-electron chi connectivity index (χ1n) is 8.56. The van der Waals surface area contributed by atoms with Crippen molar-refractivity contribution in [2.75, 3.05) is 31.6 Å². The molecule has 0 atom stereocenters. The van der Waals surface area contributed by atoms with Crippen LogP contribution in [0.2, 0.25) is 0 Å². The van der Waals surface area contributed by atoms with Crippen molar-refractivity contribution in [1.82, 2.24) is 20.3 Å². The maximum absolute atomic E-state index is 12.6. The molecule has 0 aliphatic carbocycles. The fourth-order valence-electron chi connectivity index (χ4n) is 3.26. The van der Waals surface area contributed by atoms with Gasteiger partial charge in [-0.1, -0.05) is 5.21 Å². The molecule has 25 heavy (non-hydrogen) atoms. The maximum Gasteiger partial charge on any atom is 0.278 e. The predicted molar refractivity (Wildman–Crippen MR) is 91.3 cm³/mol. The van der Waals surface area contributed by atoms with Gasteiger partial charge in [-0.25, -0.2) is 4.68 Å². The molecule has 1 amide bonds. The molecule has 1 aromatic heterocycles. The number of hydrogen-bond acceptors (Lipinski definition) is 6. The Morgan fingerprint density at radius 3 is 2.80 bits per heavy atom. The number of benzene rings is 1. The number of carbonyl (C=O) groups is 1. The van der Waals surface area contributed by atoms with Gasteiger partial charge in [-0.2, -0.15) is 0 Å². The topological polar surface area (TPSA) is 90.3 Å². The minimum atomic E-state index is -0.269. The monoisotopic (exact) mass is 343 g/mol. The molecule has 3 heterocycles. The van der Waals surface area contributed by atoms with Crippen LogP contribution in [0.5, 0.6) is 11.5 Å². The van der Waals surface area contributed by atoms with E-state index in [9.17, 15) is 4.79 Å². The average Bonchev–Trinajstić information content (AvgIpc) is 3.04. The Labute approximate surface area is 145 Å². The van der Waals surface area contributed by atoms with Crippen molar-refractivity contribution in [2.24, 2.45) is 0 Å². The van der Waals surface area contributed by atoms with E-state index in [1.807, 2.05) is 11.6 Å². The van der Waals surface area contributed by atoms with Gasteiger partial charge in [0.2, 0.25) is 0 Å². The van der Waals surface area contributed by atoms with Crippen LogP contribution in [0, 0.1) is 6.92 Å². The molecule has 0 radical (unpaired) electrons. The van der Waals surface area contributed by atoms with Crippen LogP contribution in [-0.2, 0) is 0 Å². The Morgan fingerprint density at radius 2 is 2.00 bits per heavy atom. The number of carbonyl (C=O) groups excluding carboxylic acids is 1. The van der Waals surface area contributed by atoms with Crippen LogP contribution in [-0.4, -0.2) is 47.2 Å². The molecule has 0 saturated carbocycles. The number of amides is 1. The molecular formula is C17H21N5O3. The predicted octanol–water partition coefficient (Wildman–Crippen LogP) is 1.53. The summed E-state index contributed by atoms with van der Waals surface area (Å²) >= 11 is 0. The van der Waals surface area contributed by atoms with Crippen molar-refractivity contribution in [3.63, 3.8) is 0 Å². The number of ether oxygens (including phenoxy) is 2. The molecular weight excluding hydrogens is 322 g/mol. The molecule has 132 valence electrons. The molecule has 4 rings (SSSR count). The van der Waals surface area contributed by atoms with E-state index in [2.05, 4.69) is 20.9 Å². The first-order valence-corrected chi connectivity index (χ1v) is 8.56. The van der Waals surface area contributed by atoms with Gasteiger partial charge in [0.1, 0.15) is 13.2 Å². The fourth-order valence-corrected chi connectivity index (χ4v) is 3.26. The van der Waals surface area contributed by atoms with E-state index in [1.165, 1.54) is 0 Å². The summed E-state index contributed by atoms with van der Waals surface area (Å²) in [6, 6.07) is 5.64. The van der Waals surface area contributed by atoms with Gasteiger partial charge < -0.3 is 20.1 Å². The smallest absolute Gasteiger partial charge is 0.278 e. The summed E-state index contributed by atoms with van der Waals surface area (Å²) in [5, 5.41) is 14.5. The summed E-state index contributed by atoms with van der Waals surface area (Å²) in [5.74, 6) is 1.06. The molecule has 0 bridgehead atoms. The highest BCUT2D eigenvalue weighted by Crippen LogP contribution is 2.32. The van der Waals surface area contributed by atoms with Gasteiger partial charge >= 0.3 is 0 Å². The van der Waals surface area contributed by atoms with Gasteiger partial charge in [-0.15, -0.1) is 5.10 Å². The number of fused-ring (bicyclic) bond motifs is 1. The Hall–Kier alpha value is -2.61. The van der Waals surface area contributed by atoms with Crippen LogP contribution in [0.4, 0.5) is 5.69 Å². The van der Waals surface area contributed by atoms with Crippen molar-refractivity contribution < 1.29 is 14.3 Å². The standard InChI is InChI=1S/C17H21N5O3/c1-11-16(20-21-22(11)13-4-6-18-7-5-13)17(23)19-12-2-3-14-15(10-12)25-9-8-24-14/h2-3,10,13,18H,4-9H2,1H3,(H,19,23). The lowest BCUT2D eigenvalue weighted by Crippen LogP contribution is -2.30. The Kier molecular flexibility index (Phi) is 4.27. The molecule has 1 fully saturated rings. The van der Waals surface area contributed by atoms with E-state index in [1.54, 1.807) is 18.2 Å². The molecule has 0 unspecified atom stereocenters. The van der Waals surface area contributed by atoms with Gasteiger partial charge in [-0.05, 0) is 45.0 Å². The third kappa shape index (κ3) is 3.17. The highest BCUT2D eigenvalue weighted by molar-refractivity contribution is 6.03. The summed E-state index contributed by atoms with van der Waals surface area (Å²) in [5.41, 5.74) is 1.79. The molecule has 8 nitrogen and oxygen atoms in total. The van der Waals surface area contributed by atoms with Gasteiger partial charge in [0, 0.05) is 11.8 Å². The zero-order chi connectivity index (χ0) is 17.2. The van der Waals surface area contributed by atoms with Crippen molar-refractivity contribution in [1.29, 1.82) is 0 Å². The second kappa shape index (κ2) is 6.72. The van der Waals surface area contributed by atoms with E-state index in [0.29, 0.717) is 42.1 Å². The number of nitrogens with zero attached hydrogens (tertiary/aromatic N) is 3. The third-order valence-corrected chi connectivity index (χ3v) is 4.60. The number of aromatic nitrogens is 3.